The molecule has 0 bridgehead atoms. The Hall–Kier alpha value is -0.130. The number of hydrogen-bond acceptors (Lipinski definition) is 3. The van der Waals surface area contributed by atoms with Crippen LogP contribution in [0.1, 0.15) is 46.5 Å². The molecular weight excluding hydrogens is 260 g/mol. The van der Waals surface area contributed by atoms with E-state index in [4.69, 9.17) is 0 Å². The average molecular weight is 290 g/mol. The van der Waals surface area contributed by atoms with Crippen LogP contribution in [-0.2, 0) is 10.0 Å². The van der Waals surface area contributed by atoms with Crippen molar-refractivity contribution in [3.63, 3.8) is 0 Å². The summed E-state index contributed by atoms with van der Waals surface area (Å²) in [5.74, 6) is 1.47. The van der Waals surface area contributed by atoms with Crippen molar-refractivity contribution >= 4 is 10.0 Å². The second-order valence-corrected chi connectivity index (χ2v) is 7.96. The molecule has 0 saturated heterocycles. The van der Waals surface area contributed by atoms with E-state index in [0.717, 1.165) is 24.8 Å². The van der Waals surface area contributed by atoms with E-state index in [2.05, 4.69) is 19.2 Å². The zero-order valence-electron chi connectivity index (χ0n) is 12.9. The number of sulfonamides is 1. The van der Waals surface area contributed by atoms with Gasteiger partial charge in [-0.2, -0.15) is 0 Å². The highest BCUT2D eigenvalue weighted by atomic mass is 32.2. The SMILES string of the molecule is CCN(CCCNC1C(C)CCCC1C)S(C)(=O)=O. The first-order valence-corrected chi connectivity index (χ1v) is 9.39. The van der Waals surface area contributed by atoms with Crippen molar-refractivity contribution in [3.8, 4) is 0 Å². The molecule has 0 amide bonds. The van der Waals surface area contributed by atoms with E-state index >= 15 is 0 Å². The Morgan fingerprint density at radius 2 is 1.79 bits per heavy atom. The molecule has 1 rings (SSSR count). The van der Waals surface area contributed by atoms with Crippen LogP contribution in [0.2, 0.25) is 0 Å². The van der Waals surface area contributed by atoms with Gasteiger partial charge in [0.05, 0.1) is 6.26 Å². The summed E-state index contributed by atoms with van der Waals surface area (Å²) in [6.07, 6.45) is 6.14. The summed E-state index contributed by atoms with van der Waals surface area (Å²) in [6.45, 7) is 8.63. The van der Waals surface area contributed by atoms with Crippen molar-refractivity contribution in [1.82, 2.24) is 9.62 Å². The summed E-state index contributed by atoms with van der Waals surface area (Å²) >= 11 is 0. The molecule has 2 atom stereocenters. The summed E-state index contributed by atoms with van der Waals surface area (Å²) in [6, 6.07) is 0.599. The monoisotopic (exact) mass is 290 g/mol. The zero-order chi connectivity index (χ0) is 14.5. The minimum Gasteiger partial charge on any atom is -0.313 e. The molecule has 4 nitrogen and oxygen atoms in total. The average Bonchev–Trinajstić information content (AvgIpc) is 2.30. The Morgan fingerprint density at radius 3 is 2.26 bits per heavy atom. The molecule has 5 heteroatoms. The number of nitrogens with one attached hydrogen (secondary N) is 1. The minimum atomic E-state index is -3.04. The molecule has 0 heterocycles. The van der Waals surface area contributed by atoms with Crippen LogP contribution >= 0.6 is 0 Å². The van der Waals surface area contributed by atoms with Crippen LogP contribution in [0.5, 0.6) is 0 Å². The standard InChI is InChI=1S/C14H30N2O2S/c1-5-16(19(4,17)18)11-7-10-15-14-12(2)8-6-9-13(14)3/h12-15H,5-11H2,1-4H3. The molecule has 1 saturated carbocycles. The third-order valence-electron chi connectivity index (χ3n) is 4.33. The number of nitrogens with zero attached hydrogens (tertiary/aromatic N) is 1. The fourth-order valence-corrected chi connectivity index (χ4v) is 4.10. The van der Waals surface area contributed by atoms with Crippen LogP contribution in [0.4, 0.5) is 0 Å². The maximum atomic E-state index is 11.5. The van der Waals surface area contributed by atoms with E-state index in [1.807, 2.05) is 6.92 Å². The second kappa shape index (κ2) is 7.60. The van der Waals surface area contributed by atoms with Crippen LogP contribution in [0.15, 0.2) is 0 Å². The first kappa shape index (κ1) is 16.9. The van der Waals surface area contributed by atoms with Gasteiger partial charge >= 0.3 is 0 Å². The molecule has 0 aromatic heterocycles. The predicted molar refractivity (Wildman–Crippen MR) is 80.7 cm³/mol. The Labute approximate surface area is 119 Å². The van der Waals surface area contributed by atoms with Crippen molar-refractivity contribution in [1.29, 1.82) is 0 Å². The van der Waals surface area contributed by atoms with Crippen molar-refractivity contribution in [2.75, 3.05) is 25.9 Å². The smallest absolute Gasteiger partial charge is 0.211 e. The van der Waals surface area contributed by atoms with Gasteiger partial charge in [-0.05, 0) is 37.6 Å². The molecule has 2 unspecified atom stereocenters. The highest BCUT2D eigenvalue weighted by Gasteiger charge is 2.26. The van der Waals surface area contributed by atoms with E-state index in [9.17, 15) is 8.42 Å². The summed E-state index contributed by atoms with van der Waals surface area (Å²) in [5, 5.41) is 3.63. The molecule has 0 aliphatic heterocycles. The largest absolute Gasteiger partial charge is 0.313 e. The lowest BCUT2D eigenvalue weighted by atomic mass is 9.79. The minimum absolute atomic E-state index is 0.565. The molecular formula is C14H30N2O2S. The van der Waals surface area contributed by atoms with Crippen molar-refractivity contribution in [3.05, 3.63) is 0 Å². The van der Waals surface area contributed by atoms with Gasteiger partial charge in [-0.3, -0.25) is 0 Å². The lowest BCUT2D eigenvalue weighted by molar-refractivity contribution is 0.208. The van der Waals surface area contributed by atoms with Gasteiger partial charge in [-0.25, -0.2) is 12.7 Å². The molecule has 1 aliphatic rings. The third kappa shape index (κ3) is 5.40. The topological polar surface area (TPSA) is 49.4 Å². The van der Waals surface area contributed by atoms with E-state index < -0.39 is 10.0 Å². The Balaban J connectivity index is 2.30. The number of rotatable bonds is 7. The molecule has 1 fully saturated rings. The number of hydrogen-bond donors (Lipinski definition) is 1. The van der Waals surface area contributed by atoms with Crippen LogP contribution < -0.4 is 5.32 Å². The molecule has 114 valence electrons. The molecule has 0 aromatic carbocycles. The maximum Gasteiger partial charge on any atom is 0.211 e. The van der Waals surface area contributed by atoms with Crippen LogP contribution in [0, 0.1) is 11.8 Å². The molecule has 19 heavy (non-hydrogen) atoms. The highest BCUT2D eigenvalue weighted by Crippen LogP contribution is 2.28. The van der Waals surface area contributed by atoms with E-state index in [-0.39, 0.29) is 0 Å². The van der Waals surface area contributed by atoms with Gasteiger partial charge in [0, 0.05) is 19.1 Å². The third-order valence-corrected chi connectivity index (χ3v) is 5.71. The van der Waals surface area contributed by atoms with Gasteiger partial charge in [0.1, 0.15) is 0 Å². The highest BCUT2D eigenvalue weighted by molar-refractivity contribution is 7.88. The van der Waals surface area contributed by atoms with Gasteiger partial charge in [0.15, 0.2) is 0 Å². The van der Waals surface area contributed by atoms with E-state index in [0.29, 0.717) is 19.1 Å². The van der Waals surface area contributed by atoms with Crippen LogP contribution in [-0.4, -0.2) is 44.7 Å². The summed E-state index contributed by atoms with van der Waals surface area (Å²) in [7, 11) is -3.04. The van der Waals surface area contributed by atoms with Gasteiger partial charge in [-0.1, -0.05) is 27.2 Å². The fraction of sp³-hybridized carbons (Fsp3) is 1.00. The Morgan fingerprint density at radius 1 is 1.21 bits per heavy atom. The molecule has 1 N–H and O–H groups in total. The Bertz CT molecular complexity index is 346. The van der Waals surface area contributed by atoms with Crippen molar-refractivity contribution < 1.29 is 8.42 Å². The summed E-state index contributed by atoms with van der Waals surface area (Å²) in [4.78, 5) is 0. The lowest BCUT2D eigenvalue weighted by Crippen LogP contribution is -2.44. The van der Waals surface area contributed by atoms with Crippen molar-refractivity contribution in [2.45, 2.75) is 52.5 Å². The van der Waals surface area contributed by atoms with Crippen LogP contribution in [0.3, 0.4) is 0 Å². The summed E-state index contributed by atoms with van der Waals surface area (Å²) in [5.41, 5.74) is 0. The van der Waals surface area contributed by atoms with Gasteiger partial charge in [0.25, 0.3) is 0 Å². The molecule has 0 radical (unpaired) electrons. The maximum absolute atomic E-state index is 11.5. The lowest BCUT2D eigenvalue weighted by Gasteiger charge is -2.35. The summed E-state index contributed by atoms with van der Waals surface area (Å²) < 4.78 is 24.5. The van der Waals surface area contributed by atoms with E-state index in [1.54, 1.807) is 4.31 Å². The predicted octanol–water partition coefficient (Wildman–Crippen LogP) is 2.07. The fourth-order valence-electron chi connectivity index (χ4n) is 3.17. The van der Waals surface area contributed by atoms with Gasteiger partial charge < -0.3 is 5.32 Å². The van der Waals surface area contributed by atoms with Crippen molar-refractivity contribution in [2.24, 2.45) is 11.8 Å². The molecule has 1 aliphatic carbocycles. The Kier molecular flexibility index (Phi) is 6.77. The van der Waals surface area contributed by atoms with E-state index in [1.165, 1.54) is 25.5 Å². The van der Waals surface area contributed by atoms with Crippen LogP contribution in [0.25, 0.3) is 0 Å². The van der Waals surface area contributed by atoms with Gasteiger partial charge in [-0.15, -0.1) is 0 Å². The zero-order valence-corrected chi connectivity index (χ0v) is 13.7. The normalized spacial score (nSPS) is 28.8. The first-order valence-electron chi connectivity index (χ1n) is 7.54. The first-order chi connectivity index (χ1) is 8.86. The molecule has 0 aromatic rings. The molecule has 0 spiro atoms. The quantitative estimate of drug-likeness (QED) is 0.730. The second-order valence-electron chi connectivity index (χ2n) is 5.97. The van der Waals surface area contributed by atoms with Gasteiger partial charge in [0.2, 0.25) is 10.0 Å².